The molecule has 1 fully saturated rings. The van der Waals surface area contributed by atoms with Crippen LogP contribution in [0.4, 0.5) is 0 Å². The van der Waals surface area contributed by atoms with Crippen molar-refractivity contribution >= 4 is 23.0 Å². The summed E-state index contributed by atoms with van der Waals surface area (Å²) >= 11 is 0. The van der Waals surface area contributed by atoms with E-state index in [1.807, 2.05) is 48.8 Å². The van der Waals surface area contributed by atoms with Crippen LogP contribution in [0.3, 0.4) is 0 Å². The van der Waals surface area contributed by atoms with Gasteiger partial charge in [-0.15, -0.1) is 0 Å². The summed E-state index contributed by atoms with van der Waals surface area (Å²) in [6, 6.07) is 14.0. The first-order valence-corrected chi connectivity index (χ1v) is 11.3. The molecule has 6 nitrogen and oxygen atoms in total. The molecule has 0 saturated heterocycles. The minimum Gasteiger partial charge on any atom is -0.493 e. The predicted octanol–water partition coefficient (Wildman–Crippen LogP) is 4.83. The van der Waals surface area contributed by atoms with E-state index in [2.05, 4.69) is 27.9 Å². The highest BCUT2D eigenvalue weighted by atomic mass is 16.5. The number of fused-ring (bicyclic) bond motifs is 1. The summed E-state index contributed by atoms with van der Waals surface area (Å²) in [5, 5.41) is 3.11. The van der Waals surface area contributed by atoms with Crippen molar-refractivity contribution in [1.29, 1.82) is 0 Å². The Morgan fingerprint density at radius 1 is 1.16 bits per heavy atom. The molecule has 1 heterocycles. The molecule has 0 radical (unpaired) electrons. The first kappa shape index (κ1) is 21.9. The SMILES string of the molecule is COc1cc(C=CC(=O)NC2CCC(C)CC2)ccc1OCCn1cnc2ccccc21. The average molecular weight is 434 g/mol. The first-order chi connectivity index (χ1) is 15.6. The molecule has 1 N–H and O–H groups in total. The highest BCUT2D eigenvalue weighted by molar-refractivity contribution is 5.92. The standard InChI is InChI=1S/C26H31N3O3/c1-19-7-11-21(12-8-19)28-26(30)14-10-20-9-13-24(25(17-20)31-2)32-16-15-29-18-27-22-5-3-4-6-23(22)29/h3-6,9-10,13-14,17-19,21H,7-8,11-12,15-16H2,1-2H3,(H,28,30). The van der Waals surface area contributed by atoms with E-state index >= 15 is 0 Å². The molecule has 0 bridgehead atoms. The fourth-order valence-corrected chi connectivity index (χ4v) is 4.18. The lowest BCUT2D eigenvalue weighted by Gasteiger charge is -2.26. The maximum absolute atomic E-state index is 12.3. The van der Waals surface area contributed by atoms with Gasteiger partial charge in [-0.2, -0.15) is 0 Å². The van der Waals surface area contributed by atoms with Gasteiger partial charge in [-0.25, -0.2) is 4.98 Å². The highest BCUT2D eigenvalue weighted by Gasteiger charge is 2.18. The predicted molar refractivity (Wildman–Crippen MR) is 127 cm³/mol. The lowest BCUT2D eigenvalue weighted by Crippen LogP contribution is -2.36. The lowest BCUT2D eigenvalue weighted by atomic mass is 9.87. The van der Waals surface area contributed by atoms with E-state index in [0.717, 1.165) is 35.4 Å². The number of carbonyl (C=O) groups excluding carboxylic acids is 1. The number of amides is 1. The maximum atomic E-state index is 12.3. The third-order valence-corrected chi connectivity index (χ3v) is 6.09. The third kappa shape index (κ3) is 5.49. The van der Waals surface area contributed by atoms with Crippen molar-refractivity contribution in [2.75, 3.05) is 13.7 Å². The highest BCUT2D eigenvalue weighted by Crippen LogP contribution is 2.29. The molecule has 1 aliphatic rings. The fourth-order valence-electron chi connectivity index (χ4n) is 4.18. The topological polar surface area (TPSA) is 65.4 Å². The van der Waals surface area contributed by atoms with Crippen LogP contribution in [-0.4, -0.2) is 35.2 Å². The van der Waals surface area contributed by atoms with Crippen LogP contribution in [-0.2, 0) is 11.3 Å². The summed E-state index contributed by atoms with van der Waals surface area (Å²) in [4.78, 5) is 16.7. The number of para-hydroxylation sites is 2. The Bertz CT molecular complexity index is 1080. The van der Waals surface area contributed by atoms with E-state index in [4.69, 9.17) is 9.47 Å². The molecule has 1 saturated carbocycles. The van der Waals surface area contributed by atoms with Crippen LogP contribution in [0.15, 0.2) is 54.9 Å². The van der Waals surface area contributed by atoms with E-state index < -0.39 is 0 Å². The number of carbonyl (C=O) groups is 1. The molecule has 0 unspecified atom stereocenters. The van der Waals surface area contributed by atoms with Crippen molar-refractivity contribution in [3.8, 4) is 11.5 Å². The number of aromatic nitrogens is 2. The molecular formula is C26H31N3O3. The molecule has 1 amide bonds. The Morgan fingerprint density at radius 2 is 1.97 bits per heavy atom. The fraction of sp³-hybridized carbons (Fsp3) is 0.385. The third-order valence-electron chi connectivity index (χ3n) is 6.09. The minimum absolute atomic E-state index is 0.0450. The van der Waals surface area contributed by atoms with Gasteiger partial charge in [-0.3, -0.25) is 4.79 Å². The summed E-state index contributed by atoms with van der Waals surface area (Å²) in [5.41, 5.74) is 2.95. The van der Waals surface area contributed by atoms with Gasteiger partial charge in [-0.1, -0.05) is 25.1 Å². The van der Waals surface area contributed by atoms with Crippen molar-refractivity contribution in [2.24, 2.45) is 5.92 Å². The van der Waals surface area contributed by atoms with Crippen LogP contribution in [0.1, 0.15) is 38.2 Å². The molecule has 0 atom stereocenters. The molecule has 0 spiro atoms. The number of imidazole rings is 1. The quantitative estimate of drug-likeness (QED) is 0.517. The maximum Gasteiger partial charge on any atom is 0.244 e. The van der Waals surface area contributed by atoms with E-state index in [-0.39, 0.29) is 5.91 Å². The summed E-state index contributed by atoms with van der Waals surface area (Å²) in [7, 11) is 1.62. The normalized spacial score (nSPS) is 18.7. The molecule has 1 aliphatic carbocycles. The van der Waals surface area contributed by atoms with Gasteiger partial charge in [0.25, 0.3) is 0 Å². The van der Waals surface area contributed by atoms with Crippen molar-refractivity contribution in [1.82, 2.24) is 14.9 Å². The van der Waals surface area contributed by atoms with Crippen LogP contribution >= 0.6 is 0 Å². The second-order valence-corrected chi connectivity index (χ2v) is 8.48. The number of benzene rings is 2. The molecular weight excluding hydrogens is 402 g/mol. The lowest BCUT2D eigenvalue weighted by molar-refractivity contribution is -0.117. The van der Waals surface area contributed by atoms with Gasteiger partial charge in [0.15, 0.2) is 11.5 Å². The zero-order chi connectivity index (χ0) is 22.3. The Kier molecular flexibility index (Phi) is 7.10. The van der Waals surface area contributed by atoms with Crippen molar-refractivity contribution in [3.05, 3.63) is 60.4 Å². The molecule has 6 heteroatoms. The number of methoxy groups -OCH3 is 1. The summed E-state index contributed by atoms with van der Waals surface area (Å²) < 4.78 is 13.5. The zero-order valence-corrected chi connectivity index (χ0v) is 18.8. The van der Waals surface area contributed by atoms with Crippen LogP contribution in [0, 0.1) is 5.92 Å². The van der Waals surface area contributed by atoms with Gasteiger partial charge in [0.1, 0.15) is 6.61 Å². The van der Waals surface area contributed by atoms with E-state index in [1.165, 1.54) is 12.8 Å². The van der Waals surface area contributed by atoms with Gasteiger partial charge in [0, 0.05) is 12.1 Å². The minimum atomic E-state index is -0.0450. The molecule has 2 aromatic carbocycles. The van der Waals surface area contributed by atoms with E-state index in [0.29, 0.717) is 30.7 Å². The summed E-state index contributed by atoms with van der Waals surface area (Å²) in [5.74, 6) is 2.04. The summed E-state index contributed by atoms with van der Waals surface area (Å²) in [6.07, 6.45) is 9.74. The summed E-state index contributed by atoms with van der Waals surface area (Å²) in [6.45, 7) is 3.46. The molecule has 3 aromatic rings. The van der Waals surface area contributed by atoms with E-state index in [9.17, 15) is 4.79 Å². The Morgan fingerprint density at radius 3 is 2.78 bits per heavy atom. The monoisotopic (exact) mass is 433 g/mol. The number of rotatable bonds is 8. The van der Waals surface area contributed by atoms with Crippen LogP contribution in [0.5, 0.6) is 11.5 Å². The largest absolute Gasteiger partial charge is 0.493 e. The second kappa shape index (κ2) is 10.4. The molecule has 0 aliphatic heterocycles. The number of nitrogens with zero attached hydrogens (tertiary/aromatic N) is 2. The number of ether oxygens (including phenoxy) is 2. The molecule has 4 rings (SSSR count). The van der Waals surface area contributed by atoms with E-state index in [1.54, 1.807) is 13.2 Å². The van der Waals surface area contributed by atoms with Crippen molar-refractivity contribution in [2.45, 2.75) is 45.2 Å². The van der Waals surface area contributed by atoms with Crippen LogP contribution in [0.2, 0.25) is 0 Å². The Hall–Kier alpha value is -3.28. The van der Waals surface area contributed by atoms with Crippen molar-refractivity contribution in [3.63, 3.8) is 0 Å². The second-order valence-electron chi connectivity index (χ2n) is 8.48. The van der Waals surface area contributed by atoms with Gasteiger partial charge in [-0.05, 0) is 67.5 Å². The van der Waals surface area contributed by atoms with Crippen molar-refractivity contribution < 1.29 is 14.3 Å². The first-order valence-electron chi connectivity index (χ1n) is 11.3. The van der Waals surface area contributed by atoms with Gasteiger partial charge in [0.2, 0.25) is 5.91 Å². The molecule has 32 heavy (non-hydrogen) atoms. The average Bonchev–Trinajstić information content (AvgIpc) is 3.23. The molecule has 168 valence electrons. The zero-order valence-electron chi connectivity index (χ0n) is 18.8. The number of hydrogen-bond donors (Lipinski definition) is 1. The number of nitrogens with one attached hydrogen (secondary N) is 1. The van der Waals surface area contributed by atoms with Crippen LogP contribution in [0.25, 0.3) is 17.1 Å². The Labute approximate surface area is 189 Å². The molecule has 1 aromatic heterocycles. The number of hydrogen-bond acceptors (Lipinski definition) is 4. The smallest absolute Gasteiger partial charge is 0.244 e. The van der Waals surface area contributed by atoms with Gasteiger partial charge >= 0.3 is 0 Å². The van der Waals surface area contributed by atoms with Gasteiger partial charge in [0.05, 0.1) is 31.0 Å². The Balaban J connectivity index is 1.32. The van der Waals surface area contributed by atoms with Gasteiger partial charge < -0.3 is 19.4 Å². The van der Waals surface area contributed by atoms with Crippen LogP contribution < -0.4 is 14.8 Å².